The number of aliphatic carboxylic acids is 1. The molecule has 3 atom stereocenters. The van der Waals surface area contributed by atoms with Gasteiger partial charge in [-0.25, -0.2) is 4.57 Å². The predicted octanol–water partition coefficient (Wildman–Crippen LogP) is 2.94. The molecular weight excluding hydrogens is 524 g/mol. The van der Waals surface area contributed by atoms with Crippen LogP contribution in [-0.4, -0.2) is 78.2 Å². The van der Waals surface area contributed by atoms with Crippen molar-refractivity contribution in [3.05, 3.63) is 48.3 Å². The van der Waals surface area contributed by atoms with E-state index in [0.29, 0.717) is 50.4 Å². The van der Waals surface area contributed by atoms with Gasteiger partial charge in [-0.3, -0.25) is 19.3 Å². The Balaban J connectivity index is 1.40. The first-order valence-corrected chi connectivity index (χ1v) is 14.8. The third kappa shape index (κ3) is 6.48. The third-order valence-corrected chi connectivity index (χ3v) is 8.57. The predicted molar refractivity (Wildman–Crippen MR) is 152 cm³/mol. The van der Waals surface area contributed by atoms with E-state index < -0.39 is 11.9 Å². The number of hydrogen-bond donors (Lipinski definition) is 1. The number of aromatic nitrogens is 1. The number of aryl methyl sites for hydroxylation is 1. The van der Waals surface area contributed by atoms with Gasteiger partial charge in [0.2, 0.25) is 18.6 Å². The molecule has 1 aromatic carbocycles. The van der Waals surface area contributed by atoms with Crippen LogP contribution in [0.3, 0.4) is 0 Å². The maximum atomic E-state index is 13.9. The molecule has 0 spiro atoms. The summed E-state index contributed by atoms with van der Waals surface area (Å²) in [6.07, 6.45) is 8.43. The van der Waals surface area contributed by atoms with Gasteiger partial charge in [-0.15, -0.1) is 0 Å². The molecule has 0 radical (unpaired) electrons. The molecule has 2 amide bonds. The second-order valence-electron chi connectivity index (χ2n) is 11.3. The highest BCUT2D eigenvalue weighted by Crippen LogP contribution is 2.43. The molecular formula is C31H41N4O6+. The van der Waals surface area contributed by atoms with Crippen LogP contribution in [0.5, 0.6) is 11.5 Å². The number of carbonyl (C=O) groups excluding carboxylic acids is 2. The highest BCUT2D eigenvalue weighted by molar-refractivity contribution is 5.94. The number of fused-ring (bicyclic) bond motifs is 1. The summed E-state index contributed by atoms with van der Waals surface area (Å²) < 4.78 is 13.0. The first-order valence-electron chi connectivity index (χ1n) is 14.8. The zero-order chi connectivity index (χ0) is 28.9. The number of amides is 2. The maximum absolute atomic E-state index is 13.9. The molecule has 3 aliphatic rings. The van der Waals surface area contributed by atoms with Crippen LogP contribution in [0.15, 0.2) is 42.7 Å². The molecule has 0 bridgehead atoms. The minimum absolute atomic E-state index is 0.0418. The lowest BCUT2D eigenvalue weighted by Crippen LogP contribution is -2.45. The number of anilines is 1. The van der Waals surface area contributed by atoms with Crippen molar-refractivity contribution in [3.8, 4) is 11.5 Å². The van der Waals surface area contributed by atoms with Crippen LogP contribution in [0.4, 0.5) is 5.69 Å². The summed E-state index contributed by atoms with van der Waals surface area (Å²) in [5.41, 5.74) is 1.70. The summed E-state index contributed by atoms with van der Waals surface area (Å²) in [6.45, 7) is 4.79. The van der Waals surface area contributed by atoms with E-state index in [1.54, 1.807) is 0 Å². The van der Waals surface area contributed by atoms with Gasteiger partial charge in [-0.2, -0.15) is 0 Å². The van der Waals surface area contributed by atoms with Gasteiger partial charge in [-0.1, -0.05) is 19.4 Å². The topological polar surface area (TPSA) is 104 Å². The van der Waals surface area contributed by atoms with Crippen molar-refractivity contribution in [2.75, 3.05) is 44.4 Å². The molecule has 2 saturated heterocycles. The van der Waals surface area contributed by atoms with Crippen molar-refractivity contribution in [1.29, 1.82) is 0 Å². The summed E-state index contributed by atoms with van der Waals surface area (Å²) in [6, 6.07) is 9.15. The van der Waals surface area contributed by atoms with Crippen molar-refractivity contribution in [3.63, 3.8) is 0 Å². The lowest BCUT2D eigenvalue weighted by molar-refractivity contribution is -0.670. The van der Waals surface area contributed by atoms with Gasteiger partial charge in [0, 0.05) is 50.6 Å². The zero-order valence-corrected chi connectivity index (χ0v) is 24.0. The molecule has 2 aromatic rings. The molecule has 0 aliphatic carbocycles. The largest absolute Gasteiger partial charge is 0.481 e. The number of benzene rings is 1. The van der Waals surface area contributed by atoms with E-state index in [-0.39, 0.29) is 37.1 Å². The van der Waals surface area contributed by atoms with Crippen molar-refractivity contribution in [2.45, 2.75) is 57.4 Å². The Bertz CT molecular complexity index is 1270. The van der Waals surface area contributed by atoms with Gasteiger partial charge in [0.05, 0.1) is 12.5 Å². The van der Waals surface area contributed by atoms with Crippen LogP contribution in [0.1, 0.15) is 56.9 Å². The van der Waals surface area contributed by atoms with Crippen LogP contribution in [-0.2, 0) is 21.4 Å². The number of pyridine rings is 1. The van der Waals surface area contributed by atoms with Gasteiger partial charge < -0.3 is 24.4 Å². The summed E-state index contributed by atoms with van der Waals surface area (Å²) in [5, 5.41) is 10.5. The Morgan fingerprint density at radius 1 is 1.17 bits per heavy atom. The van der Waals surface area contributed by atoms with Crippen molar-refractivity contribution in [2.24, 2.45) is 13.0 Å². The Kier molecular flexibility index (Phi) is 9.07. The molecule has 1 aromatic heterocycles. The van der Waals surface area contributed by atoms with Crippen LogP contribution >= 0.6 is 0 Å². The SMILES string of the molecule is CCCCN(C(=O)CN1C[C@H](c2ccc3c(c2)OCO3)[C@@H](C(=O)O)[C@@H]1CCCN1CCCC1=O)c1ccc[n+](C)c1. The van der Waals surface area contributed by atoms with Crippen LogP contribution in [0.25, 0.3) is 0 Å². The molecule has 0 unspecified atom stereocenters. The standard InChI is InChI=1S/C31H40N4O6/c1-3-4-16-35(23-8-5-13-32(2)18-23)29(37)20-34-19-24(22-11-12-26-27(17-22)41-21-40-26)30(31(38)39)25(34)9-6-14-33-15-7-10-28(33)36/h5,8,11-13,17-18,24-25,30H,3-4,6-7,9-10,14-16,19-21H2,1-2H3/p+1/t24-,25+,30-/m1/s1. The molecule has 220 valence electrons. The zero-order valence-electron chi connectivity index (χ0n) is 24.0. The van der Waals surface area contributed by atoms with Crippen LogP contribution in [0, 0.1) is 5.92 Å². The number of nitrogens with zero attached hydrogens (tertiary/aromatic N) is 4. The van der Waals surface area contributed by atoms with Gasteiger partial charge in [0.25, 0.3) is 0 Å². The molecule has 10 heteroatoms. The fourth-order valence-electron chi connectivity index (χ4n) is 6.47. The van der Waals surface area contributed by atoms with E-state index in [2.05, 4.69) is 11.8 Å². The maximum Gasteiger partial charge on any atom is 0.308 e. The van der Waals surface area contributed by atoms with Crippen molar-refractivity contribution < 1.29 is 33.5 Å². The highest BCUT2D eigenvalue weighted by atomic mass is 16.7. The second kappa shape index (κ2) is 12.9. The number of rotatable bonds is 12. The number of unbranched alkanes of at least 4 members (excludes halogenated alkanes) is 1. The van der Waals surface area contributed by atoms with Gasteiger partial charge in [0.15, 0.2) is 23.9 Å². The molecule has 2 fully saturated rings. The van der Waals surface area contributed by atoms with Crippen LogP contribution in [0.2, 0.25) is 0 Å². The number of carbonyl (C=O) groups is 3. The molecule has 0 saturated carbocycles. The number of hydrogen-bond acceptors (Lipinski definition) is 6. The monoisotopic (exact) mass is 565 g/mol. The molecule has 41 heavy (non-hydrogen) atoms. The quantitative estimate of drug-likeness (QED) is 0.395. The molecule has 10 nitrogen and oxygen atoms in total. The smallest absolute Gasteiger partial charge is 0.308 e. The first-order chi connectivity index (χ1) is 19.9. The van der Waals surface area contributed by atoms with E-state index in [9.17, 15) is 19.5 Å². The summed E-state index contributed by atoms with van der Waals surface area (Å²) in [7, 11) is 1.93. The van der Waals surface area contributed by atoms with E-state index in [0.717, 1.165) is 37.1 Å². The van der Waals surface area contributed by atoms with Crippen LogP contribution < -0.4 is 18.9 Å². The normalized spacial score (nSPS) is 22.0. The Morgan fingerprint density at radius 3 is 2.73 bits per heavy atom. The number of ether oxygens (including phenoxy) is 2. The Morgan fingerprint density at radius 2 is 2.00 bits per heavy atom. The average molecular weight is 566 g/mol. The Hall–Kier alpha value is -3.66. The summed E-state index contributed by atoms with van der Waals surface area (Å²) in [5.74, 6) is -0.488. The molecule has 1 N–H and O–H groups in total. The van der Waals surface area contributed by atoms with E-state index in [1.807, 2.05) is 64.1 Å². The molecule has 4 heterocycles. The minimum Gasteiger partial charge on any atom is -0.481 e. The first kappa shape index (κ1) is 28.9. The Labute approximate surface area is 241 Å². The molecule has 3 aliphatic heterocycles. The lowest BCUT2D eigenvalue weighted by atomic mass is 9.83. The third-order valence-electron chi connectivity index (χ3n) is 8.57. The van der Waals surface area contributed by atoms with Gasteiger partial charge >= 0.3 is 5.97 Å². The van der Waals surface area contributed by atoms with Crippen molar-refractivity contribution >= 4 is 23.5 Å². The van der Waals surface area contributed by atoms with Crippen molar-refractivity contribution in [1.82, 2.24) is 9.80 Å². The van der Waals surface area contributed by atoms with E-state index in [1.165, 1.54) is 0 Å². The fourth-order valence-corrected chi connectivity index (χ4v) is 6.47. The minimum atomic E-state index is -0.872. The molecule has 5 rings (SSSR count). The van der Waals surface area contributed by atoms with E-state index in [4.69, 9.17) is 9.47 Å². The number of carboxylic acid groups (broad SMARTS) is 1. The van der Waals surface area contributed by atoms with E-state index >= 15 is 0 Å². The van der Waals surface area contributed by atoms with Gasteiger partial charge in [-0.05, 0) is 49.4 Å². The fraction of sp³-hybridized carbons (Fsp3) is 0.548. The second-order valence-corrected chi connectivity index (χ2v) is 11.3. The van der Waals surface area contributed by atoms with Gasteiger partial charge in [0.1, 0.15) is 12.7 Å². The summed E-state index contributed by atoms with van der Waals surface area (Å²) in [4.78, 5) is 44.7. The number of carboxylic acids is 1. The average Bonchev–Trinajstić information content (AvgIpc) is 3.67. The highest BCUT2D eigenvalue weighted by Gasteiger charge is 2.47. The lowest BCUT2D eigenvalue weighted by Gasteiger charge is -2.30. The summed E-state index contributed by atoms with van der Waals surface area (Å²) >= 11 is 0. The number of likely N-dealkylation sites (tertiary alicyclic amines) is 2.